The molecule has 2 heterocycles. The molecule has 2 N–H and O–H groups in total. The third-order valence-corrected chi connectivity index (χ3v) is 4.62. The van der Waals surface area contributed by atoms with Crippen molar-refractivity contribution in [1.29, 1.82) is 10.5 Å². The Morgan fingerprint density at radius 3 is 2.67 bits per heavy atom. The molecular formula is C13H7ClN4OS2. The lowest BCUT2D eigenvalue weighted by Crippen LogP contribution is -2.13. The van der Waals surface area contributed by atoms with Gasteiger partial charge in [-0.05, 0) is 11.4 Å². The molecule has 1 amide bonds. The van der Waals surface area contributed by atoms with E-state index in [1.807, 2.05) is 23.6 Å². The van der Waals surface area contributed by atoms with Crippen LogP contribution in [0.5, 0.6) is 0 Å². The largest absolute Gasteiger partial charge is 0.369 e. The van der Waals surface area contributed by atoms with Gasteiger partial charge in [-0.15, -0.1) is 11.3 Å². The highest BCUT2D eigenvalue weighted by Gasteiger charge is 2.21. The van der Waals surface area contributed by atoms with Crippen LogP contribution >= 0.6 is 34.7 Å². The second kappa shape index (κ2) is 6.59. The van der Waals surface area contributed by atoms with Gasteiger partial charge in [-0.3, -0.25) is 4.79 Å². The first-order chi connectivity index (χ1) is 10.1. The highest BCUT2D eigenvalue weighted by Crippen LogP contribution is 2.38. The first-order valence-corrected chi connectivity index (χ1v) is 7.81. The molecule has 5 nitrogen and oxygen atoms in total. The molecule has 0 spiro atoms. The number of primary amides is 1. The Morgan fingerprint density at radius 2 is 2.14 bits per heavy atom. The third-order valence-electron chi connectivity index (χ3n) is 2.46. The molecule has 2 aromatic rings. The molecule has 8 heteroatoms. The van der Waals surface area contributed by atoms with Crippen LogP contribution in [0.4, 0.5) is 0 Å². The summed E-state index contributed by atoms with van der Waals surface area (Å²) in [5.41, 5.74) is 5.93. The maximum atomic E-state index is 10.9. The van der Waals surface area contributed by atoms with E-state index in [0.717, 1.165) is 16.6 Å². The van der Waals surface area contributed by atoms with Crippen molar-refractivity contribution in [3.63, 3.8) is 0 Å². The smallest absolute Gasteiger partial charge is 0.227 e. The number of hydrogen-bond acceptors (Lipinski definition) is 6. The third kappa shape index (κ3) is 3.17. The Bertz CT molecular complexity index is 775. The van der Waals surface area contributed by atoms with Crippen LogP contribution in [0.3, 0.4) is 0 Å². The van der Waals surface area contributed by atoms with Crippen LogP contribution in [-0.2, 0) is 4.79 Å². The first kappa shape index (κ1) is 15.3. The number of aromatic nitrogens is 1. The number of hydrogen-bond donors (Lipinski definition) is 1. The maximum Gasteiger partial charge on any atom is 0.227 e. The van der Waals surface area contributed by atoms with E-state index in [9.17, 15) is 15.3 Å². The maximum absolute atomic E-state index is 10.9. The van der Waals surface area contributed by atoms with Crippen molar-refractivity contribution in [1.82, 2.24) is 4.98 Å². The van der Waals surface area contributed by atoms with Crippen molar-refractivity contribution in [3.8, 4) is 22.6 Å². The molecule has 0 saturated heterocycles. The van der Waals surface area contributed by atoms with Crippen molar-refractivity contribution in [2.75, 3.05) is 5.75 Å². The van der Waals surface area contributed by atoms with Gasteiger partial charge in [0.1, 0.15) is 22.3 Å². The zero-order chi connectivity index (χ0) is 15.4. The van der Waals surface area contributed by atoms with Gasteiger partial charge in [0, 0.05) is 10.4 Å². The molecule has 2 rings (SSSR count). The summed E-state index contributed by atoms with van der Waals surface area (Å²) in [6.07, 6.45) is 0. The van der Waals surface area contributed by atoms with E-state index in [1.54, 1.807) is 6.07 Å². The number of thioether (sulfide) groups is 1. The molecule has 0 aromatic carbocycles. The molecule has 0 aliphatic rings. The fraction of sp³-hybridized carbons (Fsp3) is 0.0769. The number of pyridine rings is 1. The Labute approximate surface area is 134 Å². The van der Waals surface area contributed by atoms with E-state index in [2.05, 4.69) is 4.98 Å². The van der Waals surface area contributed by atoms with Gasteiger partial charge in [0.25, 0.3) is 0 Å². The Hall–Kier alpha value is -2.06. The zero-order valence-electron chi connectivity index (χ0n) is 10.5. The van der Waals surface area contributed by atoms with E-state index in [-0.39, 0.29) is 22.0 Å². The van der Waals surface area contributed by atoms with Gasteiger partial charge in [0.15, 0.2) is 0 Å². The van der Waals surface area contributed by atoms with Crippen LogP contribution in [0.2, 0.25) is 5.15 Å². The summed E-state index contributed by atoms with van der Waals surface area (Å²) in [4.78, 5) is 15.7. The van der Waals surface area contributed by atoms with Crippen molar-refractivity contribution >= 4 is 40.6 Å². The minimum Gasteiger partial charge on any atom is -0.369 e. The van der Waals surface area contributed by atoms with Crippen LogP contribution in [-0.4, -0.2) is 16.6 Å². The second-order valence-electron chi connectivity index (χ2n) is 3.79. The molecule has 2 aromatic heterocycles. The van der Waals surface area contributed by atoms with Gasteiger partial charge in [-0.2, -0.15) is 10.5 Å². The van der Waals surface area contributed by atoms with Gasteiger partial charge in [-0.25, -0.2) is 4.98 Å². The summed E-state index contributed by atoms with van der Waals surface area (Å²) in [6.45, 7) is 0. The number of nitriles is 2. The van der Waals surface area contributed by atoms with E-state index < -0.39 is 5.91 Å². The number of carbonyl (C=O) groups is 1. The number of thiophene rings is 1. The predicted octanol–water partition coefficient (Wildman–Crippen LogP) is 2.78. The number of halogens is 1. The highest BCUT2D eigenvalue weighted by molar-refractivity contribution is 8.00. The van der Waals surface area contributed by atoms with Gasteiger partial charge in [-0.1, -0.05) is 29.4 Å². The van der Waals surface area contributed by atoms with Crippen LogP contribution in [0.25, 0.3) is 10.4 Å². The van der Waals surface area contributed by atoms with Crippen LogP contribution in [0, 0.1) is 22.7 Å². The van der Waals surface area contributed by atoms with E-state index in [4.69, 9.17) is 17.3 Å². The molecular weight excluding hydrogens is 328 g/mol. The summed E-state index contributed by atoms with van der Waals surface area (Å²) < 4.78 is 0. The molecule has 21 heavy (non-hydrogen) atoms. The molecule has 0 fully saturated rings. The van der Waals surface area contributed by atoms with Crippen molar-refractivity contribution < 1.29 is 4.79 Å². The molecule has 104 valence electrons. The van der Waals surface area contributed by atoms with Crippen LogP contribution < -0.4 is 5.73 Å². The molecule has 0 atom stereocenters. The summed E-state index contributed by atoms with van der Waals surface area (Å²) in [5.74, 6) is -0.544. The Balaban J connectivity index is 2.69. The average molecular weight is 335 g/mol. The van der Waals surface area contributed by atoms with E-state index in [1.165, 1.54) is 11.3 Å². The minimum atomic E-state index is -0.524. The fourth-order valence-electron chi connectivity index (χ4n) is 1.65. The topological polar surface area (TPSA) is 104 Å². The van der Waals surface area contributed by atoms with Crippen molar-refractivity contribution in [3.05, 3.63) is 33.8 Å². The van der Waals surface area contributed by atoms with Gasteiger partial charge < -0.3 is 5.73 Å². The molecule has 0 unspecified atom stereocenters. The molecule has 0 saturated carbocycles. The SMILES string of the molecule is N#Cc1c(Cl)nc(SCC(N)=O)c(C#N)c1-c1cccs1. The predicted molar refractivity (Wildman–Crippen MR) is 81.9 cm³/mol. The lowest BCUT2D eigenvalue weighted by atomic mass is 10.0. The Kier molecular flexibility index (Phi) is 4.81. The summed E-state index contributed by atoms with van der Waals surface area (Å²) in [6, 6.07) is 7.62. The second-order valence-corrected chi connectivity index (χ2v) is 6.06. The zero-order valence-corrected chi connectivity index (χ0v) is 12.8. The van der Waals surface area contributed by atoms with Gasteiger partial charge in [0.05, 0.1) is 16.9 Å². The van der Waals surface area contributed by atoms with Crippen molar-refractivity contribution in [2.24, 2.45) is 5.73 Å². The first-order valence-electron chi connectivity index (χ1n) is 5.57. The number of nitrogens with zero attached hydrogens (tertiary/aromatic N) is 3. The fourth-order valence-corrected chi connectivity index (χ4v) is 3.43. The van der Waals surface area contributed by atoms with Crippen molar-refractivity contribution in [2.45, 2.75) is 5.03 Å². The molecule has 0 bridgehead atoms. The molecule has 0 aliphatic carbocycles. The van der Waals surface area contributed by atoms with E-state index in [0.29, 0.717) is 10.6 Å². The van der Waals surface area contributed by atoms with Crippen LogP contribution in [0.15, 0.2) is 22.5 Å². The summed E-state index contributed by atoms with van der Waals surface area (Å²) in [5, 5.41) is 20.8. The van der Waals surface area contributed by atoms with Gasteiger partial charge in [0.2, 0.25) is 5.91 Å². The lowest BCUT2D eigenvalue weighted by molar-refractivity contribution is -0.115. The number of rotatable bonds is 4. The molecule has 0 radical (unpaired) electrons. The minimum absolute atomic E-state index is 0.00636. The average Bonchev–Trinajstić information content (AvgIpc) is 2.97. The molecule has 0 aliphatic heterocycles. The highest BCUT2D eigenvalue weighted by atomic mass is 35.5. The lowest BCUT2D eigenvalue weighted by Gasteiger charge is -2.10. The standard InChI is InChI=1S/C13H7ClN4OS2/c14-12-7(4-15)11(9-2-1-3-20-9)8(5-16)13(18-12)21-6-10(17)19/h1-3H,6H2,(H2,17,19). The monoisotopic (exact) mass is 334 g/mol. The van der Waals surface area contributed by atoms with Crippen LogP contribution in [0.1, 0.15) is 11.1 Å². The van der Waals surface area contributed by atoms with E-state index >= 15 is 0 Å². The van der Waals surface area contributed by atoms with Gasteiger partial charge >= 0.3 is 0 Å². The normalized spacial score (nSPS) is 9.86. The number of nitrogens with two attached hydrogens (primary N) is 1. The quantitative estimate of drug-likeness (QED) is 0.684. The summed E-state index contributed by atoms with van der Waals surface area (Å²) in [7, 11) is 0. The number of amides is 1. The summed E-state index contributed by atoms with van der Waals surface area (Å²) >= 11 is 8.44. The number of carbonyl (C=O) groups excluding carboxylic acids is 1. The Morgan fingerprint density at radius 1 is 1.43 bits per heavy atom.